The summed E-state index contributed by atoms with van der Waals surface area (Å²) >= 11 is 0. The summed E-state index contributed by atoms with van der Waals surface area (Å²) < 4.78 is 0. The molecule has 0 aliphatic carbocycles. The number of rotatable bonds is 1. The number of hydrogen-bond donors (Lipinski definition) is 2. The van der Waals surface area contributed by atoms with E-state index in [1.165, 1.54) is 0 Å². The third kappa shape index (κ3) is 1.87. The first kappa shape index (κ1) is 12.7. The smallest absolute Gasteiger partial charge is 0.0715 e. The molecule has 4 N–H and O–H groups in total. The van der Waals surface area contributed by atoms with Gasteiger partial charge in [0.05, 0.1) is 11.0 Å². The molecule has 3 heteroatoms. The second-order valence-electron chi connectivity index (χ2n) is 5.37. The van der Waals surface area contributed by atoms with Crippen LogP contribution in [-0.2, 0) is 0 Å². The molecule has 4 rings (SSSR count). The molecule has 0 amide bonds. The molecule has 0 aliphatic rings. The fourth-order valence-corrected chi connectivity index (χ4v) is 2.92. The molecular weight excluding hydrogens is 270 g/mol. The van der Waals surface area contributed by atoms with Crippen LogP contribution in [-0.4, -0.2) is 4.98 Å². The van der Waals surface area contributed by atoms with Crippen LogP contribution in [0.15, 0.2) is 66.7 Å². The predicted molar refractivity (Wildman–Crippen MR) is 93.5 cm³/mol. The quantitative estimate of drug-likeness (QED) is 0.406. The van der Waals surface area contributed by atoms with Gasteiger partial charge in [0.1, 0.15) is 0 Å². The molecule has 1 aromatic heterocycles. The number of anilines is 2. The molecule has 1 heterocycles. The fourth-order valence-electron chi connectivity index (χ4n) is 2.92. The van der Waals surface area contributed by atoms with E-state index in [4.69, 9.17) is 16.5 Å². The number of benzene rings is 3. The Morgan fingerprint density at radius 2 is 1.27 bits per heavy atom. The first-order valence-electron chi connectivity index (χ1n) is 7.17. The SMILES string of the molecule is Nc1ccc(N)c(-c2c3ccccc3nc3ccccc23)c1. The zero-order valence-electron chi connectivity index (χ0n) is 12.0. The van der Waals surface area contributed by atoms with Crippen molar-refractivity contribution >= 4 is 33.2 Å². The molecule has 4 aromatic rings. The number of pyridine rings is 1. The summed E-state index contributed by atoms with van der Waals surface area (Å²) in [6.07, 6.45) is 0. The van der Waals surface area contributed by atoms with Gasteiger partial charge in [-0.05, 0) is 30.3 Å². The summed E-state index contributed by atoms with van der Waals surface area (Å²) in [5.74, 6) is 0. The summed E-state index contributed by atoms with van der Waals surface area (Å²) in [5.41, 5.74) is 17.6. The normalized spacial score (nSPS) is 11.1. The van der Waals surface area contributed by atoms with Crippen LogP contribution in [0.4, 0.5) is 11.4 Å². The summed E-state index contributed by atoms with van der Waals surface area (Å²) in [7, 11) is 0. The van der Waals surface area contributed by atoms with Crippen molar-refractivity contribution in [1.29, 1.82) is 0 Å². The van der Waals surface area contributed by atoms with Crippen LogP contribution in [0.25, 0.3) is 32.9 Å². The molecule has 3 nitrogen and oxygen atoms in total. The van der Waals surface area contributed by atoms with Crippen molar-refractivity contribution in [3.05, 3.63) is 66.7 Å². The lowest BCUT2D eigenvalue weighted by Crippen LogP contribution is -1.95. The van der Waals surface area contributed by atoms with Crippen molar-refractivity contribution in [3.63, 3.8) is 0 Å². The Morgan fingerprint density at radius 1 is 0.682 bits per heavy atom. The van der Waals surface area contributed by atoms with Gasteiger partial charge >= 0.3 is 0 Å². The van der Waals surface area contributed by atoms with Crippen molar-refractivity contribution in [2.24, 2.45) is 0 Å². The Kier molecular flexibility index (Phi) is 2.73. The van der Waals surface area contributed by atoms with Crippen LogP contribution in [0.5, 0.6) is 0 Å². The maximum absolute atomic E-state index is 6.23. The maximum Gasteiger partial charge on any atom is 0.0715 e. The molecule has 0 bridgehead atoms. The van der Waals surface area contributed by atoms with E-state index in [2.05, 4.69) is 12.1 Å². The molecule has 0 atom stereocenters. The van der Waals surface area contributed by atoms with Crippen LogP contribution in [0.3, 0.4) is 0 Å². The third-order valence-electron chi connectivity index (χ3n) is 3.93. The number of nitrogen functional groups attached to an aromatic ring is 2. The highest BCUT2D eigenvalue weighted by Crippen LogP contribution is 2.38. The van der Waals surface area contributed by atoms with E-state index in [0.29, 0.717) is 5.69 Å². The van der Waals surface area contributed by atoms with Crippen molar-refractivity contribution in [3.8, 4) is 11.1 Å². The largest absolute Gasteiger partial charge is 0.399 e. The summed E-state index contributed by atoms with van der Waals surface area (Å²) in [5, 5.41) is 2.16. The highest BCUT2D eigenvalue weighted by Gasteiger charge is 2.13. The minimum absolute atomic E-state index is 0.703. The molecule has 0 unspecified atom stereocenters. The highest BCUT2D eigenvalue weighted by molar-refractivity contribution is 6.11. The van der Waals surface area contributed by atoms with Gasteiger partial charge in [0.2, 0.25) is 0 Å². The minimum Gasteiger partial charge on any atom is -0.399 e. The summed E-state index contributed by atoms with van der Waals surface area (Å²) in [6, 6.07) is 21.8. The number of hydrogen-bond acceptors (Lipinski definition) is 3. The van der Waals surface area contributed by atoms with E-state index in [9.17, 15) is 0 Å². The molecule has 0 saturated heterocycles. The van der Waals surface area contributed by atoms with Gasteiger partial charge in [-0.2, -0.15) is 0 Å². The highest BCUT2D eigenvalue weighted by atomic mass is 14.7. The van der Waals surface area contributed by atoms with Gasteiger partial charge in [-0.3, -0.25) is 0 Å². The Labute approximate surface area is 128 Å². The van der Waals surface area contributed by atoms with Crippen LogP contribution in [0, 0.1) is 0 Å². The van der Waals surface area contributed by atoms with E-state index in [-0.39, 0.29) is 0 Å². The Morgan fingerprint density at radius 3 is 1.91 bits per heavy atom. The second kappa shape index (κ2) is 4.74. The lowest BCUT2D eigenvalue weighted by Gasteiger charge is -2.13. The van der Waals surface area contributed by atoms with Crippen molar-refractivity contribution in [1.82, 2.24) is 4.98 Å². The first-order valence-corrected chi connectivity index (χ1v) is 7.17. The Bertz CT molecular complexity index is 952. The van der Waals surface area contributed by atoms with Gasteiger partial charge in [-0.15, -0.1) is 0 Å². The number of aromatic nitrogens is 1. The van der Waals surface area contributed by atoms with E-state index in [0.717, 1.165) is 38.6 Å². The average Bonchev–Trinajstić information content (AvgIpc) is 2.55. The number of nitrogens with zero attached hydrogens (tertiary/aromatic N) is 1. The van der Waals surface area contributed by atoms with Crippen molar-refractivity contribution in [2.45, 2.75) is 0 Å². The zero-order valence-corrected chi connectivity index (χ0v) is 12.0. The van der Waals surface area contributed by atoms with E-state index < -0.39 is 0 Å². The van der Waals surface area contributed by atoms with Crippen LogP contribution < -0.4 is 11.5 Å². The molecule has 0 radical (unpaired) electrons. The van der Waals surface area contributed by atoms with E-state index in [1.807, 2.05) is 54.6 Å². The van der Waals surface area contributed by atoms with E-state index in [1.54, 1.807) is 0 Å². The van der Waals surface area contributed by atoms with E-state index >= 15 is 0 Å². The lowest BCUT2D eigenvalue weighted by molar-refractivity contribution is 1.49. The molecule has 106 valence electrons. The molecular formula is C19H15N3. The second-order valence-corrected chi connectivity index (χ2v) is 5.37. The lowest BCUT2D eigenvalue weighted by atomic mass is 9.94. The van der Waals surface area contributed by atoms with Crippen LogP contribution in [0.2, 0.25) is 0 Å². The Hall–Kier alpha value is -3.07. The number of nitrogens with two attached hydrogens (primary N) is 2. The maximum atomic E-state index is 6.23. The van der Waals surface area contributed by atoms with Crippen LogP contribution in [0.1, 0.15) is 0 Å². The van der Waals surface area contributed by atoms with Crippen LogP contribution >= 0.6 is 0 Å². The first-order chi connectivity index (χ1) is 10.7. The molecule has 0 saturated carbocycles. The monoisotopic (exact) mass is 285 g/mol. The summed E-state index contributed by atoms with van der Waals surface area (Å²) in [6.45, 7) is 0. The molecule has 22 heavy (non-hydrogen) atoms. The van der Waals surface area contributed by atoms with Gasteiger partial charge in [0.15, 0.2) is 0 Å². The number of fused-ring (bicyclic) bond motifs is 2. The van der Waals surface area contributed by atoms with Crippen molar-refractivity contribution in [2.75, 3.05) is 11.5 Å². The fraction of sp³-hybridized carbons (Fsp3) is 0. The van der Waals surface area contributed by atoms with Gasteiger partial charge in [0, 0.05) is 33.3 Å². The molecule has 0 spiro atoms. The standard InChI is InChI=1S/C19H15N3/c20-12-9-10-16(21)15(11-12)19-13-5-1-3-7-17(13)22-18-8-4-2-6-14(18)19/h1-11H,20-21H2. The van der Waals surface area contributed by atoms with Gasteiger partial charge in [0.25, 0.3) is 0 Å². The Balaban J connectivity index is 2.24. The van der Waals surface area contributed by atoms with Gasteiger partial charge < -0.3 is 11.5 Å². The zero-order chi connectivity index (χ0) is 15.1. The van der Waals surface area contributed by atoms with Crippen molar-refractivity contribution < 1.29 is 0 Å². The topological polar surface area (TPSA) is 64.9 Å². The summed E-state index contributed by atoms with van der Waals surface area (Å²) in [4.78, 5) is 4.74. The molecule has 3 aromatic carbocycles. The number of para-hydroxylation sites is 2. The predicted octanol–water partition coefficient (Wildman–Crippen LogP) is 4.22. The average molecular weight is 285 g/mol. The van der Waals surface area contributed by atoms with Gasteiger partial charge in [-0.25, -0.2) is 4.98 Å². The third-order valence-corrected chi connectivity index (χ3v) is 3.93. The minimum atomic E-state index is 0.703. The molecule has 0 aliphatic heterocycles. The van der Waals surface area contributed by atoms with Gasteiger partial charge in [-0.1, -0.05) is 36.4 Å². The molecule has 0 fully saturated rings.